The SMILES string of the molecule is CN[C@@H](C)C(=O)OC1CC(=O)N(C)c2cc(cc(OC)c2Cl)/C(C)=C/C=C/C(OC)C2(O)CC(OC(=O)N2)C(C)C2OC12C. The first-order valence-electron chi connectivity index (χ1n) is 14.5. The molecule has 13 heteroatoms. The third-order valence-corrected chi connectivity index (χ3v) is 9.25. The zero-order valence-electron chi connectivity index (χ0n) is 26.3. The quantitative estimate of drug-likeness (QED) is 0.325. The van der Waals surface area contributed by atoms with Gasteiger partial charge < -0.3 is 39.0 Å². The predicted octanol–water partition coefficient (Wildman–Crippen LogP) is 3.19. The Hall–Kier alpha value is -3.16. The zero-order chi connectivity index (χ0) is 32.6. The van der Waals surface area contributed by atoms with E-state index in [2.05, 4.69) is 10.6 Å². The van der Waals surface area contributed by atoms with Crippen LogP contribution in [0.4, 0.5) is 10.5 Å². The summed E-state index contributed by atoms with van der Waals surface area (Å²) in [6.07, 6.45) is 0.846. The van der Waals surface area contributed by atoms with Crippen LogP contribution in [0.2, 0.25) is 5.02 Å². The summed E-state index contributed by atoms with van der Waals surface area (Å²) in [6.45, 7) is 7.09. The number of hydrogen-bond acceptors (Lipinski definition) is 10. The number of fused-ring (bicyclic) bond motifs is 5. The van der Waals surface area contributed by atoms with E-state index in [9.17, 15) is 19.5 Å². The molecule has 242 valence electrons. The second-order valence-electron chi connectivity index (χ2n) is 11.8. The topological polar surface area (TPSA) is 148 Å². The second kappa shape index (κ2) is 13.1. The first-order valence-corrected chi connectivity index (χ1v) is 14.9. The molecule has 8 atom stereocenters. The van der Waals surface area contributed by atoms with Crippen LogP contribution < -0.4 is 20.3 Å². The highest BCUT2D eigenvalue weighted by atomic mass is 35.5. The number of epoxide rings is 1. The van der Waals surface area contributed by atoms with Gasteiger partial charge in [0.05, 0.1) is 25.3 Å². The van der Waals surface area contributed by atoms with E-state index in [-0.39, 0.29) is 23.8 Å². The van der Waals surface area contributed by atoms with Gasteiger partial charge in [0.1, 0.15) is 40.7 Å². The number of likely N-dealkylation sites (N-methyl/N-ethyl adjacent to an activating group) is 1. The number of halogens is 1. The van der Waals surface area contributed by atoms with Gasteiger partial charge in [0, 0.05) is 26.5 Å². The first kappa shape index (κ1) is 33.7. The second-order valence-corrected chi connectivity index (χ2v) is 12.2. The van der Waals surface area contributed by atoms with Gasteiger partial charge in [0.25, 0.3) is 0 Å². The Kier molecular flexibility index (Phi) is 10.0. The standard InChI is InChI=1S/C31H42ClN3O9/c1-16-10-9-11-23(41-8)31(39)15-22(42-29(38)34-31)17(2)27-30(4,44-27)24(43-28(37)18(3)33-5)14-25(36)35(6)20-12-19(16)13-21(40-7)26(20)32/h9-13,17-18,22-24,27,33,39H,14-15H2,1-8H3,(H,34,38)/b11-9+,16-10+/t17?,18-,22?,23?,24?,27?,30?,31?/m0/s1. The van der Waals surface area contributed by atoms with Crippen molar-refractivity contribution in [3.63, 3.8) is 0 Å². The number of amides is 2. The molecule has 0 spiro atoms. The Bertz CT molecular complexity index is 1350. The minimum absolute atomic E-state index is 0.0119. The number of rotatable bonds is 5. The lowest BCUT2D eigenvalue weighted by Crippen LogP contribution is -2.63. The maximum atomic E-state index is 13.8. The number of nitrogens with one attached hydrogen (secondary N) is 2. The van der Waals surface area contributed by atoms with E-state index >= 15 is 0 Å². The molecule has 3 aliphatic rings. The normalized spacial score (nSPS) is 35.0. The molecule has 3 heterocycles. The van der Waals surface area contributed by atoms with Crippen LogP contribution in [0.1, 0.15) is 46.1 Å². The molecule has 12 nitrogen and oxygen atoms in total. The number of alkyl carbamates (subject to hydrolysis) is 1. The molecule has 1 aromatic rings. The third-order valence-electron chi connectivity index (χ3n) is 8.87. The summed E-state index contributed by atoms with van der Waals surface area (Å²) in [5.74, 6) is -1.02. The molecule has 2 fully saturated rings. The molecule has 4 rings (SSSR count). The van der Waals surface area contributed by atoms with Crippen LogP contribution >= 0.6 is 11.6 Å². The van der Waals surface area contributed by atoms with Gasteiger partial charge in [-0.05, 0) is 51.1 Å². The van der Waals surface area contributed by atoms with Gasteiger partial charge in [0.15, 0.2) is 5.72 Å². The van der Waals surface area contributed by atoms with Crippen molar-refractivity contribution in [3.8, 4) is 5.75 Å². The van der Waals surface area contributed by atoms with Crippen LogP contribution in [0.25, 0.3) is 5.57 Å². The van der Waals surface area contributed by atoms with Crippen LogP contribution in [0.5, 0.6) is 5.75 Å². The fourth-order valence-corrected chi connectivity index (χ4v) is 6.04. The van der Waals surface area contributed by atoms with Crippen molar-refractivity contribution in [1.29, 1.82) is 0 Å². The maximum absolute atomic E-state index is 13.8. The summed E-state index contributed by atoms with van der Waals surface area (Å²) in [4.78, 5) is 40.8. The van der Waals surface area contributed by atoms with E-state index in [1.54, 1.807) is 58.3 Å². The fourth-order valence-electron chi connectivity index (χ4n) is 5.73. The molecule has 2 saturated heterocycles. The molecule has 0 radical (unpaired) electrons. The Labute approximate surface area is 262 Å². The smallest absolute Gasteiger partial charge is 0.409 e. The molecule has 4 bridgehead atoms. The van der Waals surface area contributed by atoms with Crippen molar-refractivity contribution in [1.82, 2.24) is 10.6 Å². The van der Waals surface area contributed by atoms with E-state index in [0.717, 1.165) is 11.1 Å². The monoisotopic (exact) mass is 635 g/mol. The van der Waals surface area contributed by atoms with Gasteiger partial charge in [0.2, 0.25) is 5.91 Å². The number of esters is 1. The fraction of sp³-hybridized carbons (Fsp3) is 0.581. The van der Waals surface area contributed by atoms with Crippen molar-refractivity contribution >= 4 is 40.8 Å². The van der Waals surface area contributed by atoms with Crippen molar-refractivity contribution < 1.29 is 43.2 Å². The van der Waals surface area contributed by atoms with Gasteiger partial charge in [-0.25, -0.2) is 4.79 Å². The number of carbonyl (C=O) groups excluding carboxylic acids is 3. The number of methoxy groups -OCH3 is 2. The van der Waals surface area contributed by atoms with Gasteiger partial charge >= 0.3 is 12.1 Å². The first-order chi connectivity index (χ1) is 20.7. The molecular weight excluding hydrogens is 594 g/mol. The van der Waals surface area contributed by atoms with Crippen LogP contribution in [-0.2, 0) is 28.5 Å². The van der Waals surface area contributed by atoms with Crippen molar-refractivity contribution in [2.24, 2.45) is 5.92 Å². The lowest BCUT2D eigenvalue weighted by Gasteiger charge is -2.42. The Morgan fingerprint density at radius 3 is 2.64 bits per heavy atom. The number of allylic oxidation sites excluding steroid dienone is 3. The molecule has 0 aliphatic carbocycles. The largest absolute Gasteiger partial charge is 0.495 e. The lowest BCUT2D eigenvalue weighted by atomic mass is 9.83. The number of benzene rings is 1. The van der Waals surface area contributed by atoms with Gasteiger partial charge in [-0.3, -0.25) is 14.9 Å². The number of anilines is 1. The molecular formula is C31H42ClN3O9. The molecule has 1 aromatic carbocycles. The Morgan fingerprint density at radius 1 is 1.30 bits per heavy atom. The number of hydrogen-bond donors (Lipinski definition) is 3. The highest BCUT2D eigenvalue weighted by molar-refractivity contribution is 6.35. The number of carbonyl (C=O) groups is 3. The van der Waals surface area contributed by atoms with Crippen LogP contribution in [0.3, 0.4) is 0 Å². The van der Waals surface area contributed by atoms with E-state index < -0.39 is 59.8 Å². The average molecular weight is 636 g/mol. The summed E-state index contributed by atoms with van der Waals surface area (Å²) in [6, 6.07) is 2.88. The average Bonchev–Trinajstić information content (AvgIpc) is 3.68. The number of ether oxygens (including phenoxy) is 5. The molecule has 2 amide bonds. The van der Waals surface area contributed by atoms with Gasteiger partial charge in [-0.1, -0.05) is 36.8 Å². The Morgan fingerprint density at radius 2 is 2.00 bits per heavy atom. The summed E-state index contributed by atoms with van der Waals surface area (Å²) >= 11 is 6.68. The zero-order valence-corrected chi connectivity index (χ0v) is 27.1. The van der Waals surface area contributed by atoms with E-state index in [4.69, 9.17) is 35.3 Å². The summed E-state index contributed by atoms with van der Waals surface area (Å²) < 4.78 is 28.8. The molecule has 44 heavy (non-hydrogen) atoms. The molecule has 3 aliphatic heterocycles. The van der Waals surface area contributed by atoms with Gasteiger partial charge in [-0.15, -0.1) is 0 Å². The minimum Gasteiger partial charge on any atom is -0.495 e. The number of nitrogens with zero attached hydrogens (tertiary/aromatic N) is 1. The van der Waals surface area contributed by atoms with E-state index in [1.807, 2.05) is 13.8 Å². The third kappa shape index (κ3) is 6.59. The maximum Gasteiger partial charge on any atom is 0.409 e. The van der Waals surface area contributed by atoms with Crippen LogP contribution in [-0.4, -0.2) is 93.2 Å². The lowest BCUT2D eigenvalue weighted by molar-refractivity contribution is -0.155. The van der Waals surface area contributed by atoms with Crippen molar-refractivity contribution in [2.75, 3.05) is 33.2 Å². The van der Waals surface area contributed by atoms with E-state index in [0.29, 0.717) is 11.4 Å². The van der Waals surface area contributed by atoms with Gasteiger partial charge in [-0.2, -0.15) is 0 Å². The highest BCUT2D eigenvalue weighted by Gasteiger charge is 2.64. The molecule has 0 aromatic heterocycles. The van der Waals surface area contributed by atoms with Crippen LogP contribution in [0, 0.1) is 5.92 Å². The summed E-state index contributed by atoms with van der Waals surface area (Å²) in [5.41, 5.74) is -0.974. The van der Waals surface area contributed by atoms with E-state index in [1.165, 1.54) is 19.1 Å². The summed E-state index contributed by atoms with van der Waals surface area (Å²) in [5, 5.41) is 17.2. The molecule has 3 N–H and O–H groups in total. The Balaban J connectivity index is 1.83. The van der Waals surface area contributed by atoms with Crippen molar-refractivity contribution in [2.45, 2.75) is 82.3 Å². The predicted molar refractivity (Wildman–Crippen MR) is 163 cm³/mol. The van der Waals surface area contributed by atoms with Crippen molar-refractivity contribution in [3.05, 3.63) is 40.9 Å². The minimum atomic E-state index is -1.79. The summed E-state index contributed by atoms with van der Waals surface area (Å²) in [7, 11) is 6.14. The van der Waals surface area contributed by atoms with Crippen LogP contribution in [0.15, 0.2) is 30.4 Å². The molecule has 7 unspecified atom stereocenters. The highest BCUT2D eigenvalue weighted by Crippen LogP contribution is 2.49. The number of aliphatic hydroxyl groups is 1. The molecule has 0 saturated carbocycles.